The van der Waals surface area contributed by atoms with Crippen molar-refractivity contribution in [1.82, 2.24) is 5.32 Å². The van der Waals surface area contributed by atoms with E-state index in [0.29, 0.717) is 24.9 Å². The molecule has 0 bridgehead atoms. The first-order chi connectivity index (χ1) is 10.0. The number of rotatable bonds is 6. The summed E-state index contributed by atoms with van der Waals surface area (Å²) in [4.78, 5) is 11.9. The Morgan fingerprint density at radius 1 is 1.38 bits per heavy atom. The molecule has 0 aliphatic rings. The number of aliphatic hydroxyl groups excluding tert-OH is 1. The number of hydrogen-bond donors (Lipinski definition) is 2. The van der Waals surface area contributed by atoms with Crippen LogP contribution in [0.4, 0.5) is 0 Å². The fraction of sp³-hybridized carbons (Fsp3) is 0.438. The Kier molecular flexibility index (Phi) is 7.73. The van der Waals surface area contributed by atoms with E-state index in [1.807, 2.05) is 6.92 Å². The maximum absolute atomic E-state index is 11.9. The van der Waals surface area contributed by atoms with E-state index in [-0.39, 0.29) is 17.8 Å². The quantitative estimate of drug-likeness (QED) is 0.779. The van der Waals surface area contributed by atoms with Crippen molar-refractivity contribution in [3.63, 3.8) is 0 Å². The first-order valence-corrected chi connectivity index (χ1v) is 8.47. The third kappa shape index (κ3) is 6.56. The predicted molar refractivity (Wildman–Crippen MR) is 85.5 cm³/mol. The van der Waals surface area contributed by atoms with Crippen molar-refractivity contribution in [3.05, 3.63) is 35.4 Å². The minimum absolute atomic E-state index is 0.0501. The van der Waals surface area contributed by atoms with Gasteiger partial charge in [0.15, 0.2) is 0 Å². The highest BCUT2D eigenvalue weighted by Gasteiger charge is 2.08. The summed E-state index contributed by atoms with van der Waals surface area (Å²) < 4.78 is 11.2. The Labute approximate surface area is 128 Å². The van der Waals surface area contributed by atoms with Crippen LogP contribution in [0.5, 0.6) is 0 Å². The van der Waals surface area contributed by atoms with Crippen LogP contribution in [0.2, 0.25) is 0 Å². The van der Waals surface area contributed by atoms with Crippen LogP contribution >= 0.6 is 0 Å². The largest absolute Gasteiger partial charge is 0.395 e. The SMILES string of the molecule is CC(CCNC(=O)c1ccc(C#CCCO)cc1)S(C)=O. The molecule has 0 fully saturated rings. The van der Waals surface area contributed by atoms with Gasteiger partial charge in [0, 0.05) is 46.4 Å². The lowest BCUT2D eigenvalue weighted by molar-refractivity contribution is 0.0953. The van der Waals surface area contributed by atoms with Gasteiger partial charge in [-0.1, -0.05) is 18.8 Å². The summed E-state index contributed by atoms with van der Waals surface area (Å²) in [5.74, 6) is 5.59. The molecule has 0 aliphatic heterocycles. The van der Waals surface area contributed by atoms with Crippen molar-refractivity contribution in [1.29, 1.82) is 0 Å². The lowest BCUT2D eigenvalue weighted by Crippen LogP contribution is -2.27. The van der Waals surface area contributed by atoms with Gasteiger partial charge in [-0.05, 0) is 30.7 Å². The highest BCUT2D eigenvalue weighted by molar-refractivity contribution is 7.84. The van der Waals surface area contributed by atoms with E-state index in [0.717, 1.165) is 5.56 Å². The van der Waals surface area contributed by atoms with Gasteiger partial charge >= 0.3 is 0 Å². The highest BCUT2D eigenvalue weighted by Crippen LogP contribution is 2.04. The molecule has 2 atom stereocenters. The van der Waals surface area contributed by atoms with Crippen LogP contribution in [0.25, 0.3) is 0 Å². The average molecular weight is 307 g/mol. The van der Waals surface area contributed by atoms with Crippen LogP contribution < -0.4 is 5.32 Å². The van der Waals surface area contributed by atoms with Crippen molar-refractivity contribution in [2.75, 3.05) is 19.4 Å². The van der Waals surface area contributed by atoms with Gasteiger partial charge in [0.2, 0.25) is 0 Å². The first kappa shape index (κ1) is 17.4. The second-order valence-electron chi connectivity index (χ2n) is 4.71. The van der Waals surface area contributed by atoms with Crippen LogP contribution in [0, 0.1) is 11.8 Å². The predicted octanol–water partition coefficient (Wildman–Crippen LogP) is 1.31. The molecular weight excluding hydrogens is 286 g/mol. The van der Waals surface area contributed by atoms with Gasteiger partial charge in [-0.2, -0.15) is 0 Å². The molecule has 0 aromatic heterocycles. The minimum Gasteiger partial charge on any atom is -0.395 e. The zero-order valence-electron chi connectivity index (χ0n) is 12.4. The molecule has 2 N–H and O–H groups in total. The second kappa shape index (κ2) is 9.32. The van der Waals surface area contributed by atoms with Crippen molar-refractivity contribution < 1.29 is 14.1 Å². The summed E-state index contributed by atoms with van der Waals surface area (Å²) in [6, 6.07) is 7.01. The normalized spacial score (nSPS) is 12.9. The van der Waals surface area contributed by atoms with Gasteiger partial charge in [0.25, 0.3) is 5.91 Å². The van der Waals surface area contributed by atoms with E-state index in [1.54, 1.807) is 30.5 Å². The monoisotopic (exact) mass is 307 g/mol. The van der Waals surface area contributed by atoms with E-state index in [1.165, 1.54) is 0 Å². The van der Waals surface area contributed by atoms with Crippen LogP contribution in [-0.2, 0) is 10.8 Å². The molecule has 0 saturated carbocycles. The Morgan fingerprint density at radius 2 is 2.05 bits per heavy atom. The number of nitrogens with one attached hydrogen (secondary N) is 1. The molecule has 21 heavy (non-hydrogen) atoms. The zero-order valence-corrected chi connectivity index (χ0v) is 13.2. The molecule has 0 aliphatic carbocycles. The van der Waals surface area contributed by atoms with Gasteiger partial charge < -0.3 is 10.4 Å². The van der Waals surface area contributed by atoms with E-state index in [2.05, 4.69) is 17.2 Å². The van der Waals surface area contributed by atoms with Gasteiger partial charge in [-0.3, -0.25) is 9.00 Å². The summed E-state index contributed by atoms with van der Waals surface area (Å²) in [5, 5.41) is 11.5. The maximum Gasteiger partial charge on any atom is 0.251 e. The molecule has 0 heterocycles. The number of carbonyl (C=O) groups excluding carboxylic acids is 1. The lowest BCUT2D eigenvalue weighted by Gasteiger charge is -2.09. The molecular formula is C16H21NO3S. The molecule has 5 heteroatoms. The van der Waals surface area contributed by atoms with Crippen LogP contribution in [0.3, 0.4) is 0 Å². The summed E-state index contributed by atoms with van der Waals surface area (Å²) in [6.07, 6.45) is 2.81. The third-order valence-electron chi connectivity index (χ3n) is 3.02. The summed E-state index contributed by atoms with van der Waals surface area (Å²) in [5.41, 5.74) is 1.39. The number of amides is 1. The van der Waals surface area contributed by atoms with E-state index >= 15 is 0 Å². The van der Waals surface area contributed by atoms with Crippen LogP contribution in [0.1, 0.15) is 35.7 Å². The van der Waals surface area contributed by atoms with Crippen LogP contribution in [0.15, 0.2) is 24.3 Å². The van der Waals surface area contributed by atoms with Crippen molar-refractivity contribution >= 4 is 16.7 Å². The van der Waals surface area contributed by atoms with Gasteiger partial charge in [-0.25, -0.2) is 0 Å². The Bertz CT molecular complexity index is 543. The summed E-state index contributed by atoms with van der Waals surface area (Å²) >= 11 is 0. The van der Waals surface area contributed by atoms with Crippen LogP contribution in [-0.4, -0.2) is 39.9 Å². The first-order valence-electron chi connectivity index (χ1n) is 6.85. The maximum atomic E-state index is 11.9. The van der Waals surface area contributed by atoms with E-state index in [9.17, 15) is 9.00 Å². The number of aliphatic hydroxyl groups is 1. The van der Waals surface area contributed by atoms with Gasteiger partial charge in [0.1, 0.15) is 0 Å². The van der Waals surface area contributed by atoms with E-state index < -0.39 is 10.8 Å². The lowest BCUT2D eigenvalue weighted by atomic mass is 10.1. The number of hydrogen-bond acceptors (Lipinski definition) is 3. The molecule has 2 unspecified atom stereocenters. The van der Waals surface area contributed by atoms with Crippen molar-refractivity contribution in [2.45, 2.75) is 25.0 Å². The number of benzene rings is 1. The molecule has 1 rings (SSSR count). The Morgan fingerprint density at radius 3 is 2.62 bits per heavy atom. The smallest absolute Gasteiger partial charge is 0.251 e. The summed E-state index contributed by atoms with van der Waals surface area (Å²) in [7, 11) is -0.861. The van der Waals surface area contributed by atoms with E-state index in [4.69, 9.17) is 5.11 Å². The molecule has 114 valence electrons. The second-order valence-corrected chi connectivity index (χ2v) is 6.51. The van der Waals surface area contributed by atoms with Gasteiger partial charge in [-0.15, -0.1) is 0 Å². The molecule has 1 aromatic rings. The Hall–Kier alpha value is -1.64. The Balaban J connectivity index is 2.48. The molecule has 1 aromatic carbocycles. The van der Waals surface area contributed by atoms with Crippen molar-refractivity contribution in [2.24, 2.45) is 0 Å². The minimum atomic E-state index is -0.861. The topological polar surface area (TPSA) is 66.4 Å². The molecule has 0 radical (unpaired) electrons. The fourth-order valence-electron chi connectivity index (χ4n) is 1.58. The van der Waals surface area contributed by atoms with Crippen molar-refractivity contribution in [3.8, 4) is 11.8 Å². The molecule has 1 amide bonds. The average Bonchev–Trinajstić information content (AvgIpc) is 2.47. The zero-order chi connectivity index (χ0) is 15.7. The third-order valence-corrected chi connectivity index (χ3v) is 4.39. The number of carbonyl (C=O) groups is 1. The molecule has 4 nitrogen and oxygen atoms in total. The van der Waals surface area contributed by atoms with Gasteiger partial charge in [0.05, 0.1) is 6.61 Å². The standard InChI is InChI=1S/C16H21NO3S/c1-13(21(2)20)10-11-17-16(19)15-8-6-14(7-9-15)5-3-4-12-18/h6-9,13,18H,4,10-12H2,1-2H3,(H,17,19). The highest BCUT2D eigenvalue weighted by atomic mass is 32.2. The molecule has 0 spiro atoms. The molecule has 0 saturated heterocycles. The summed E-state index contributed by atoms with van der Waals surface area (Å²) in [6.45, 7) is 2.47. The fourth-order valence-corrected chi connectivity index (χ4v) is 2.03.